The predicted octanol–water partition coefficient (Wildman–Crippen LogP) is 3.31. The van der Waals surface area contributed by atoms with Gasteiger partial charge in [0, 0.05) is 41.5 Å². The SMILES string of the molecule is COc1ccc2nccc(/C=C/CNC[C@@H]3CN(c4ccc5c(c4)NC(=O)CS5)C(=O)O3)c2n1. The summed E-state index contributed by atoms with van der Waals surface area (Å²) in [5, 5.41) is 6.16. The molecule has 0 unspecified atom stereocenters. The Balaban J connectivity index is 1.16. The third-order valence-electron chi connectivity index (χ3n) is 5.51. The molecule has 1 atom stereocenters. The number of benzene rings is 1. The van der Waals surface area contributed by atoms with Crippen molar-refractivity contribution in [3.63, 3.8) is 0 Å². The minimum atomic E-state index is -0.389. The van der Waals surface area contributed by atoms with Crippen LogP contribution in [0.1, 0.15) is 5.56 Å². The van der Waals surface area contributed by atoms with Crippen molar-refractivity contribution in [3.05, 3.63) is 54.2 Å². The summed E-state index contributed by atoms with van der Waals surface area (Å²) in [6, 6.07) is 11.2. The molecular weight excluding hydrogens is 454 g/mol. The fourth-order valence-electron chi connectivity index (χ4n) is 3.87. The summed E-state index contributed by atoms with van der Waals surface area (Å²) in [5.41, 5.74) is 3.96. The van der Waals surface area contributed by atoms with Crippen LogP contribution in [0.3, 0.4) is 0 Å². The molecule has 4 heterocycles. The smallest absolute Gasteiger partial charge is 0.414 e. The lowest BCUT2D eigenvalue weighted by atomic mass is 10.2. The minimum Gasteiger partial charge on any atom is -0.481 e. The number of methoxy groups -OCH3 is 1. The third kappa shape index (κ3) is 4.68. The summed E-state index contributed by atoms with van der Waals surface area (Å²) in [6.45, 7) is 1.56. The number of hydrogen-bond acceptors (Lipinski definition) is 8. The van der Waals surface area contributed by atoms with Gasteiger partial charge in [-0.25, -0.2) is 9.78 Å². The minimum absolute atomic E-state index is 0.0385. The number of rotatable bonds is 7. The number of aromatic nitrogens is 2. The molecule has 0 bridgehead atoms. The van der Waals surface area contributed by atoms with Crippen LogP contribution < -0.4 is 20.3 Å². The van der Waals surface area contributed by atoms with E-state index in [1.807, 2.05) is 42.5 Å². The third-order valence-corrected chi connectivity index (χ3v) is 6.59. The molecule has 2 amide bonds. The van der Waals surface area contributed by atoms with Crippen molar-refractivity contribution < 1.29 is 19.1 Å². The number of thioether (sulfide) groups is 1. The molecule has 2 N–H and O–H groups in total. The molecule has 10 heteroatoms. The van der Waals surface area contributed by atoms with Crippen molar-refractivity contribution in [1.82, 2.24) is 15.3 Å². The number of amides is 2. The lowest BCUT2D eigenvalue weighted by molar-refractivity contribution is -0.113. The number of pyridine rings is 2. The molecule has 1 saturated heterocycles. The zero-order chi connectivity index (χ0) is 23.5. The van der Waals surface area contributed by atoms with Crippen molar-refractivity contribution in [2.24, 2.45) is 0 Å². The van der Waals surface area contributed by atoms with E-state index in [0.717, 1.165) is 27.2 Å². The molecule has 0 spiro atoms. The van der Waals surface area contributed by atoms with Crippen LogP contribution in [-0.2, 0) is 9.53 Å². The second kappa shape index (κ2) is 9.70. The second-order valence-corrected chi connectivity index (χ2v) is 8.83. The number of cyclic esters (lactones) is 1. The normalized spacial score (nSPS) is 17.7. The Morgan fingerprint density at radius 1 is 1.29 bits per heavy atom. The van der Waals surface area contributed by atoms with Crippen LogP contribution in [0.4, 0.5) is 16.2 Å². The molecule has 3 aromatic rings. The van der Waals surface area contributed by atoms with E-state index in [2.05, 4.69) is 20.6 Å². The van der Waals surface area contributed by atoms with Crippen LogP contribution in [0.25, 0.3) is 17.1 Å². The number of ether oxygens (including phenoxy) is 2. The van der Waals surface area contributed by atoms with Crippen LogP contribution in [-0.4, -0.2) is 60.6 Å². The fourth-order valence-corrected chi connectivity index (χ4v) is 4.66. The van der Waals surface area contributed by atoms with Gasteiger partial charge in [0.1, 0.15) is 6.10 Å². The molecule has 2 aliphatic heterocycles. The first-order chi connectivity index (χ1) is 16.6. The molecule has 0 radical (unpaired) electrons. The lowest BCUT2D eigenvalue weighted by Crippen LogP contribution is -2.31. The maximum Gasteiger partial charge on any atom is 0.414 e. The number of hydrogen-bond donors (Lipinski definition) is 2. The number of fused-ring (bicyclic) bond motifs is 2. The van der Waals surface area contributed by atoms with Crippen molar-refractivity contribution in [2.45, 2.75) is 11.0 Å². The molecule has 9 nitrogen and oxygen atoms in total. The summed E-state index contributed by atoms with van der Waals surface area (Å²) in [5.74, 6) is 0.909. The Labute approximate surface area is 200 Å². The first-order valence-electron chi connectivity index (χ1n) is 10.8. The van der Waals surface area contributed by atoms with E-state index in [1.165, 1.54) is 11.8 Å². The largest absolute Gasteiger partial charge is 0.481 e. The van der Waals surface area contributed by atoms with E-state index in [1.54, 1.807) is 24.3 Å². The van der Waals surface area contributed by atoms with E-state index in [9.17, 15) is 9.59 Å². The molecule has 174 valence electrons. The Kier molecular flexibility index (Phi) is 6.33. The van der Waals surface area contributed by atoms with Gasteiger partial charge in [-0.3, -0.25) is 14.7 Å². The summed E-state index contributed by atoms with van der Waals surface area (Å²) in [4.78, 5) is 35.5. The van der Waals surface area contributed by atoms with Crippen LogP contribution >= 0.6 is 11.8 Å². The zero-order valence-electron chi connectivity index (χ0n) is 18.5. The molecule has 0 saturated carbocycles. The number of nitrogens with one attached hydrogen (secondary N) is 2. The summed E-state index contributed by atoms with van der Waals surface area (Å²) in [6.07, 6.45) is 5.07. The molecule has 2 aromatic heterocycles. The summed E-state index contributed by atoms with van der Waals surface area (Å²) >= 11 is 1.49. The van der Waals surface area contributed by atoms with Crippen molar-refractivity contribution in [1.29, 1.82) is 0 Å². The van der Waals surface area contributed by atoms with E-state index < -0.39 is 0 Å². The van der Waals surface area contributed by atoms with Crippen LogP contribution in [0.2, 0.25) is 0 Å². The van der Waals surface area contributed by atoms with Gasteiger partial charge in [-0.05, 0) is 30.3 Å². The van der Waals surface area contributed by atoms with Gasteiger partial charge in [0.2, 0.25) is 11.8 Å². The summed E-state index contributed by atoms with van der Waals surface area (Å²) < 4.78 is 10.7. The maximum atomic E-state index is 12.4. The lowest BCUT2D eigenvalue weighted by Gasteiger charge is -2.19. The molecule has 1 aromatic carbocycles. The highest BCUT2D eigenvalue weighted by Crippen LogP contribution is 2.35. The molecule has 5 rings (SSSR count). The van der Waals surface area contributed by atoms with Gasteiger partial charge in [-0.15, -0.1) is 11.8 Å². The molecular formula is C24H23N5O4S. The topological polar surface area (TPSA) is 106 Å². The second-order valence-electron chi connectivity index (χ2n) is 7.82. The monoisotopic (exact) mass is 477 g/mol. The highest BCUT2D eigenvalue weighted by molar-refractivity contribution is 8.00. The van der Waals surface area contributed by atoms with Gasteiger partial charge in [0.25, 0.3) is 0 Å². The Morgan fingerprint density at radius 2 is 2.21 bits per heavy atom. The van der Waals surface area contributed by atoms with E-state index in [-0.39, 0.29) is 18.1 Å². The molecule has 34 heavy (non-hydrogen) atoms. The first kappa shape index (κ1) is 22.2. The van der Waals surface area contributed by atoms with E-state index in [0.29, 0.717) is 37.0 Å². The van der Waals surface area contributed by atoms with Gasteiger partial charge >= 0.3 is 6.09 Å². The number of nitrogens with zero attached hydrogens (tertiary/aromatic N) is 3. The Bertz CT molecular complexity index is 1280. The van der Waals surface area contributed by atoms with E-state index >= 15 is 0 Å². The molecule has 1 fully saturated rings. The number of anilines is 2. The highest BCUT2D eigenvalue weighted by atomic mass is 32.2. The number of carbonyl (C=O) groups is 2. The number of carbonyl (C=O) groups excluding carboxylic acids is 2. The van der Waals surface area contributed by atoms with Crippen molar-refractivity contribution in [3.8, 4) is 5.88 Å². The van der Waals surface area contributed by atoms with Crippen molar-refractivity contribution in [2.75, 3.05) is 42.7 Å². The standard InChI is InChI=1S/C24H23N5O4S/c1-32-22-7-5-18-23(28-22)15(8-10-26-18)3-2-9-25-12-17-13-29(24(31)33-17)16-4-6-20-19(11-16)27-21(30)14-34-20/h2-8,10-11,17,25H,9,12-14H2,1H3,(H,27,30)/b3-2+/t17-/m1/s1. The zero-order valence-corrected chi connectivity index (χ0v) is 19.3. The van der Waals surface area contributed by atoms with Crippen LogP contribution in [0.5, 0.6) is 5.88 Å². The first-order valence-corrected chi connectivity index (χ1v) is 11.8. The highest BCUT2D eigenvalue weighted by Gasteiger charge is 2.32. The molecule has 0 aliphatic carbocycles. The summed E-state index contributed by atoms with van der Waals surface area (Å²) in [7, 11) is 1.59. The van der Waals surface area contributed by atoms with Crippen LogP contribution in [0.15, 0.2) is 53.6 Å². The average Bonchev–Trinajstić information content (AvgIpc) is 3.23. The Morgan fingerprint density at radius 3 is 3.09 bits per heavy atom. The van der Waals surface area contributed by atoms with Crippen molar-refractivity contribution >= 4 is 52.2 Å². The van der Waals surface area contributed by atoms with Gasteiger partial charge < -0.3 is 20.1 Å². The van der Waals surface area contributed by atoms with Gasteiger partial charge in [-0.2, -0.15) is 0 Å². The Hall–Kier alpha value is -3.63. The van der Waals surface area contributed by atoms with Crippen LogP contribution in [0, 0.1) is 0 Å². The van der Waals surface area contributed by atoms with Gasteiger partial charge in [0.05, 0.1) is 36.1 Å². The maximum absolute atomic E-state index is 12.4. The predicted molar refractivity (Wildman–Crippen MR) is 131 cm³/mol. The van der Waals surface area contributed by atoms with Gasteiger partial charge in [0.15, 0.2) is 0 Å². The van der Waals surface area contributed by atoms with E-state index in [4.69, 9.17) is 9.47 Å². The quantitative estimate of drug-likeness (QED) is 0.500. The average molecular weight is 478 g/mol. The fraction of sp³-hybridized carbons (Fsp3) is 0.250. The van der Waals surface area contributed by atoms with Gasteiger partial charge in [-0.1, -0.05) is 12.2 Å². The molecule has 2 aliphatic rings.